The number of alkyl halides is 6. The summed E-state index contributed by atoms with van der Waals surface area (Å²) in [6.07, 6.45) is -6.99. The molecule has 216 valence electrons. The lowest BCUT2D eigenvalue weighted by atomic mass is 9.92. The van der Waals surface area contributed by atoms with Crippen LogP contribution < -0.4 is 0 Å². The number of carbonyl (C=O) groups excluding carboxylic acids is 1. The topological polar surface area (TPSA) is 108 Å². The number of aromatic nitrogens is 2. The zero-order valence-corrected chi connectivity index (χ0v) is 21.6. The van der Waals surface area contributed by atoms with E-state index < -0.39 is 47.5 Å². The van der Waals surface area contributed by atoms with E-state index in [0.29, 0.717) is 32.6 Å². The minimum Gasteiger partial charge on any atom is -0.479 e. The van der Waals surface area contributed by atoms with Crippen LogP contribution in [0.2, 0.25) is 0 Å². The molecule has 41 heavy (non-hydrogen) atoms. The van der Waals surface area contributed by atoms with E-state index >= 15 is 0 Å². The van der Waals surface area contributed by atoms with Crippen LogP contribution >= 0.6 is 11.8 Å². The maximum absolute atomic E-state index is 13.6. The molecule has 0 unspecified atom stereocenters. The molecular formula is C26H20F6N4O4S. The number of piperidine rings is 1. The summed E-state index contributed by atoms with van der Waals surface area (Å²) < 4.78 is 81.0. The number of fused-ring (bicyclic) bond motifs is 1. The van der Waals surface area contributed by atoms with Gasteiger partial charge in [0.1, 0.15) is 0 Å². The van der Waals surface area contributed by atoms with Crippen molar-refractivity contribution in [2.75, 3.05) is 13.1 Å². The summed E-state index contributed by atoms with van der Waals surface area (Å²) in [5, 5.41) is 24.3. The van der Waals surface area contributed by atoms with Gasteiger partial charge < -0.3 is 15.1 Å². The number of amides is 1. The van der Waals surface area contributed by atoms with Crippen molar-refractivity contribution in [1.82, 2.24) is 14.7 Å². The highest BCUT2D eigenvalue weighted by molar-refractivity contribution is 8.18. The molecule has 0 aliphatic carbocycles. The SMILES string of the molecule is O=C1N=C(N2CCC(O)(C(=O)O)CC2)SC1=Cc1ccc2c(cnn2Cc2ccc(C(F)(F)F)cc2C(F)(F)F)c1. The third kappa shape index (κ3) is 5.81. The number of carboxylic acid groups (broad SMARTS) is 1. The Morgan fingerprint density at radius 3 is 2.39 bits per heavy atom. The number of carboxylic acids is 1. The molecule has 0 radical (unpaired) electrons. The minimum absolute atomic E-state index is 0.0211. The lowest BCUT2D eigenvalue weighted by Gasteiger charge is -2.35. The molecule has 1 saturated heterocycles. The molecule has 0 atom stereocenters. The van der Waals surface area contributed by atoms with E-state index in [0.717, 1.165) is 17.8 Å². The van der Waals surface area contributed by atoms with Gasteiger partial charge in [0, 0.05) is 31.3 Å². The van der Waals surface area contributed by atoms with Crippen LogP contribution in [0, 0.1) is 0 Å². The average Bonchev–Trinajstić information content (AvgIpc) is 3.46. The average molecular weight is 599 g/mol. The molecule has 1 amide bonds. The first-order valence-corrected chi connectivity index (χ1v) is 12.9. The number of halogens is 6. The van der Waals surface area contributed by atoms with Crippen molar-refractivity contribution in [3.8, 4) is 0 Å². The van der Waals surface area contributed by atoms with Gasteiger partial charge in [-0.15, -0.1) is 0 Å². The van der Waals surface area contributed by atoms with Gasteiger partial charge >= 0.3 is 18.3 Å². The van der Waals surface area contributed by atoms with Crippen LogP contribution in [0.5, 0.6) is 0 Å². The Kier molecular flexibility index (Phi) is 7.14. The summed E-state index contributed by atoms with van der Waals surface area (Å²) in [4.78, 5) is 29.8. The van der Waals surface area contributed by atoms with E-state index in [1.54, 1.807) is 29.2 Å². The van der Waals surface area contributed by atoms with Gasteiger partial charge in [0.05, 0.1) is 34.3 Å². The number of likely N-dealkylation sites (tertiary alicyclic amines) is 1. The zero-order chi connectivity index (χ0) is 29.7. The fourth-order valence-corrected chi connectivity index (χ4v) is 5.57. The van der Waals surface area contributed by atoms with Crippen LogP contribution in [-0.2, 0) is 28.5 Å². The number of nitrogens with zero attached hydrogens (tertiary/aromatic N) is 4. The van der Waals surface area contributed by atoms with Gasteiger partial charge in [-0.2, -0.15) is 36.4 Å². The molecule has 0 spiro atoms. The summed E-state index contributed by atoms with van der Waals surface area (Å²) in [5.74, 6) is -1.80. The fourth-order valence-electron chi connectivity index (χ4n) is 4.60. The maximum Gasteiger partial charge on any atom is 0.416 e. The van der Waals surface area contributed by atoms with Crippen LogP contribution in [0.15, 0.2) is 52.5 Å². The summed E-state index contributed by atoms with van der Waals surface area (Å²) in [6, 6.07) is 6.34. The molecule has 2 aliphatic rings. The molecule has 3 aromatic rings. The third-order valence-electron chi connectivity index (χ3n) is 6.89. The number of carbonyl (C=O) groups is 2. The van der Waals surface area contributed by atoms with Crippen molar-refractivity contribution in [1.29, 1.82) is 0 Å². The number of aliphatic carboxylic acids is 1. The normalized spacial score (nSPS) is 18.8. The maximum atomic E-state index is 13.6. The molecule has 15 heteroatoms. The second-order valence-electron chi connectivity index (χ2n) is 9.62. The summed E-state index contributed by atoms with van der Waals surface area (Å²) in [7, 11) is 0. The lowest BCUT2D eigenvalue weighted by molar-refractivity contribution is -0.162. The Bertz CT molecular complexity index is 1600. The smallest absolute Gasteiger partial charge is 0.416 e. The predicted octanol–water partition coefficient (Wildman–Crippen LogP) is 5.00. The number of aliphatic imine (C=N–C) groups is 1. The Hall–Kier alpha value is -3.85. The van der Waals surface area contributed by atoms with Crippen LogP contribution in [0.1, 0.15) is 35.1 Å². The molecule has 5 rings (SSSR count). The van der Waals surface area contributed by atoms with Crippen LogP contribution in [0.3, 0.4) is 0 Å². The highest BCUT2D eigenvalue weighted by atomic mass is 32.2. The van der Waals surface area contributed by atoms with E-state index in [9.17, 15) is 46.1 Å². The van der Waals surface area contributed by atoms with Gasteiger partial charge in [-0.1, -0.05) is 12.1 Å². The first-order valence-electron chi connectivity index (χ1n) is 12.1. The van der Waals surface area contributed by atoms with Crippen molar-refractivity contribution in [2.45, 2.75) is 37.3 Å². The van der Waals surface area contributed by atoms with Gasteiger partial charge in [0.25, 0.3) is 5.91 Å². The molecule has 1 fully saturated rings. The third-order valence-corrected chi connectivity index (χ3v) is 7.94. The van der Waals surface area contributed by atoms with Gasteiger partial charge in [-0.3, -0.25) is 9.48 Å². The van der Waals surface area contributed by atoms with E-state index in [1.165, 1.54) is 10.9 Å². The van der Waals surface area contributed by atoms with E-state index in [-0.39, 0.29) is 37.6 Å². The molecule has 8 nitrogen and oxygen atoms in total. The van der Waals surface area contributed by atoms with Crippen molar-refractivity contribution in [2.24, 2.45) is 4.99 Å². The fraction of sp³-hybridized carbons (Fsp3) is 0.308. The predicted molar refractivity (Wildman–Crippen MR) is 137 cm³/mol. The molecule has 0 saturated carbocycles. The van der Waals surface area contributed by atoms with Crippen LogP contribution in [0.25, 0.3) is 17.0 Å². The number of thioether (sulfide) groups is 1. The molecule has 2 aliphatic heterocycles. The van der Waals surface area contributed by atoms with Crippen LogP contribution in [-0.4, -0.2) is 60.6 Å². The zero-order valence-electron chi connectivity index (χ0n) is 20.8. The van der Waals surface area contributed by atoms with E-state index in [2.05, 4.69) is 10.1 Å². The minimum atomic E-state index is -5.00. The van der Waals surface area contributed by atoms with Crippen LogP contribution in [0.4, 0.5) is 26.3 Å². The summed E-state index contributed by atoms with van der Waals surface area (Å²) in [5.41, 5.74) is -3.98. The van der Waals surface area contributed by atoms with E-state index in [1.807, 2.05) is 0 Å². The van der Waals surface area contributed by atoms with Gasteiger partial charge in [0.15, 0.2) is 10.8 Å². The number of amidine groups is 1. The molecule has 3 heterocycles. The molecule has 0 bridgehead atoms. The molecule has 2 aromatic carbocycles. The Morgan fingerprint density at radius 2 is 1.76 bits per heavy atom. The highest BCUT2D eigenvalue weighted by Crippen LogP contribution is 2.38. The lowest BCUT2D eigenvalue weighted by Crippen LogP contribution is -2.50. The van der Waals surface area contributed by atoms with Crippen molar-refractivity contribution < 1.29 is 46.1 Å². The molecule has 1 aromatic heterocycles. The molecule has 2 N–H and O–H groups in total. The number of rotatable bonds is 4. The Labute approximate surface area is 232 Å². The summed E-state index contributed by atoms with van der Waals surface area (Å²) >= 11 is 1.10. The van der Waals surface area contributed by atoms with Gasteiger partial charge in [-0.25, -0.2) is 4.79 Å². The van der Waals surface area contributed by atoms with Crippen molar-refractivity contribution in [3.05, 3.63) is 69.8 Å². The number of benzene rings is 2. The second kappa shape index (κ2) is 10.2. The van der Waals surface area contributed by atoms with Crippen molar-refractivity contribution in [3.63, 3.8) is 0 Å². The van der Waals surface area contributed by atoms with Crippen molar-refractivity contribution >= 4 is 45.8 Å². The van der Waals surface area contributed by atoms with Gasteiger partial charge in [0.2, 0.25) is 0 Å². The van der Waals surface area contributed by atoms with E-state index in [4.69, 9.17) is 0 Å². The quantitative estimate of drug-likeness (QED) is 0.321. The first kappa shape index (κ1) is 28.7. The number of hydrogen-bond donors (Lipinski definition) is 2. The largest absolute Gasteiger partial charge is 0.479 e. The Morgan fingerprint density at radius 1 is 1.05 bits per heavy atom. The number of hydrogen-bond acceptors (Lipinski definition) is 6. The first-order chi connectivity index (χ1) is 19.1. The second-order valence-corrected chi connectivity index (χ2v) is 10.6. The monoisotopic (exact) mass is 598 g/mol. The standard InChI is InChI=1S/C26H20F6N4O4S/c27-25(28,29)17-3-2-15(18(11-17)26(30,31)32)13-36-19-4-1-14(9-16(19)12-33-36)10-20-21(37)34-23(41-20)35-7-5-24(40,6-8-35)22(38)39/h1-4,9-12,40H,5-8,13H2,(H,38,39). The highest BCUT2D eigenvalue weighted by Gasteiger charge is 2.41. The Balaban J connectivity index is 1.33. The number of aliphatic hydroxyl groups is 1. The summed E-state index contributed by atoms with van der Waals surface area (Å²) in [6.45, 7) is -0.0140. The molecular weight excluding hydrogens is 578 g/mol. The van der Waals surface area contributed by atoms with Gasteiger partial charge in [-0.05, 0) is 53.2 Å².